The molecule has 2 aromatic rings. The Bertz CT molecular complexity index is 834. The van der Waals surface area contributed by atoms with Gasteiger partial charge >= 0.3 is 5.97 Å². The zero-order chi connectivity index (χ0) is 19.8. The highest BCUT2D eigenvalue weighted by Crippen LogP contribution is 2.23. The van der Waals surface area contributed by atoms with Crippen molar-refractivity contribution in [2.45, 2.75) is 6.54 Å². The first-order valence-electron chi connectivity index (χ1n) is 8.18. The van der Waals surface area contributed by atoms with Crippen molar-refractivity contribution in [2.24, 2.45) is 0 Å². The number of esters is 1. The molecular formula is C20H20Cl2N2O3. The lowest BCUT2D eigenvalue weighted by Crippen LogP contribution is -2.28. The number of nitrogens with one attached hydrogen (secondary N) is 1. The van der Waals surface area contributed by atoms with Gasteiger partial charge in [-0.15, -0.1) is 0 Å². The summed E-state index contributed by atoms with van der Waals surface area (Å²) in [6.45, 7) is 0.0174. The highest BCUT2D eigenvalue weighted by Gasteiger charge is 2.05. The first-order chi connectivity index (χ1) is 12.8. The van der Waals surface area contributed by atoms with Gasteiger partial charge in [-0.3, -0.25) is 4.79 Å². The Labute approximate surface area is 168 Å². The lowest BCUT2D eigenvalue weighted by atomic mass is 10.2. The van der Waals surface area contributed by atoms with Crippen molar-refractivity contribution in [1.82, 2.24) is 5.32 Å². The van der Waals surface area contributed by atoms with Gasteiger partial charge in [0.1, 0.15) is 0 Å². The van der Waals surface area contributed by atoms with Crippen LogP contribution in [0.4, 0.5) is 5.69 Å². The molecule has 1 amide bonds. The van der Waals surface area contributed by atoms with Crippen molar-refractivity contribution in [3.8, 4) is 0 Å². The van der Waals surface area contributed by atoms with Crippen molar-refractivity contribution < 1.29 is 14.3 Å². The minimum atomic E-state index is -0.619. The maximum absolute atomic E-state index is 11.8. The lowest BCUT2D eigenvalue weighted by molar-refractivity contribution is -0.143. The fourth-order valence-electron chi connectivity index (χ4n) is 2.13. The summed E-state index contributed by atoms with van der Waals surface area (Å²) in [5.41, 5.74) is 2.74. The van der Waals surface area contributed by atoms with Gasteiger partial charge in [-0.1, -0.05) is 41.4 Å². The summed E-state index contributed by atoms with van der Waals surface area (Å²) in [7, 11) is 3.92. The second kappa shape index (κ2) is 10.00. The number of ether oxygens (including phenoxy) is 1. The van der Waals surface area contributed by atoms with Crippen molar-refractivity contribution >= 4 is 46.8 Å². The molecule has 0 aliphatic carbocycles. The number of carbonyl (C=O) groups excluding carboxylic acids is 2. The van der Waals surface area contributed by atoms with Gasteiger partial charge in [0.25, 0.3) is 5.91 Å². The van der Waals surface area contributed by atoms with Gasteiger partial charge in [0, 0.05) is 32.4 Å². The number of anilines is 1. The highest BCUT2D eigenvalue weighted by atomic mass is 35.5. The third-order valence-corrected chi connectivity index (χ3v) is 4.38. The Kier molecular flexibility index (Phi) is 7.70. The van der Waals surface area contributed by atoms with Crippen LogP contribution in [0.2, 0.25) is 10.0 Å². The average Bonchev–Trinajstić information content (AvgIpc) is 2.66. The Balaban J connectivity index is 1.75. The zero-order valence-corrected chi connectivity index (χ0v) is 16.6. The molecule has 1 N–H and O–H groups in total. The van der Waals surface area contributed by atoms with Gasteiger partial charge in [0.15, 0.2) is 6.61 Å². The quantitative estimate of drug-likeness (QED) is 0.558. The molecular weight excluding hydrogens is 387 g/mol. The molecule has 0 aliphatic rings. The number of hydrogen-bond donors (Lipinski definition) is 1. The normalized spacial score (nSPS) is 10.7. The minimum Gasteiger partial charge on any atom is -0.452 e. The summed E-state index contributed by atoms with van der Waals surface area (Å²) in [6, 6.07) is 12.8. The van der Waals surface area contributed by atoms with Crippen LogP contribution < -0.4 is 10.2 Å². The number of halogens is 2. The molecule has 0 saturated carbocycles. The third-order valence-electron chi connectivity index (χ3n) is 3.64. The summed E-state index contributed by atoms with van der Waals surface area (Å²) in [4.78, 5) is 25.5. The van der Waals surface area contributed by atoms with Crippen molar-refractivity contribution in [2.75, 3.05) is 25.6 Å². The minimum absolute atomic E-state index is 0.347. The summed E-state index contributed by atoms with van der Waals surface area (Å²) in [5.74, 6) is -0.991. The number of benzene rings is 2. The fraction of sp³-hybridized carbons (Fsp3) is 0.200. The van der Waals surface area contributed by atoms with Gasteiger partial charge in [-0.25, -0.2) is 4.79 Å². The van der Waals surface area contributed by atoms with Gasteiger partial charge in [-0.2, -0.15) is 0 Å². The Morgan fingerprint density at radius 1 is 1.07 bits per heavy atom. The number of amides is 1. The SMILES string of the molecule is CN(C)c1ccc(CNC(=O)COC(=O)/C=C/c2ccc(Cl)c(Cl)c2)cc1. The molecule has 7 heteroatoms. The predicted molar refractivity (Wildman–Crippen MR) is 109 cm³/mol. The maximum atomic E-state index is 11.8. The topological polar surface area (TPSA) is 58.6 Å². The molecule has 0 aromatic heterocycles. The zero-order valence-electron chi connectivity index (χ0n) is 15.0. The number of rotatable bonds is 7. The lowest BCUT2D eigenvalue weighted by Gasteiger charge is -2.12. The van der Waals surface area contributed by atoms with Gasteiger partial charge in [0.2, 0.25) is 0 Å². The molecule has 0 aliphatic heterocycles. The van der Waals surface area contributed by atoms with Crippen LogP contribution in [0.3, 0.4) is 0 Å². The average molecular weight is 407 g/mol. The van der Waals surface area contributed by atoms with Crippen LogP contribution in [-0.2, 0) is 20.9 Å². The third kappa shape index (κ3) is 6.96. The largest absolute Gasteiger partial charge is 0.452 e. The first-order valence-corrected chi connectivity index (χ1v) is 8.93. The van der Waals surface area contributed by atoms with Gasteiger partial charge in [0.05, 0.1) is 10.0 Å². The van der Waals surface area contributed by atoms with E-state index >= 15 is 0 Å². The second-order valence-corrected chi connectivity index (χ2v) is 6.77. The van der Waals surface area contributed by atoms with E-state index in [-0.39, 0.29) is 12.5 Å². The van der Waals surface area contributed by atoms with Crippen LogP contribution in [-0.4, -0.2) is 32.6 Å². The van der Waals surface area contributed by atoms with E-state index in [2.05, 4.69) is 5.32 Å². The summed E-state index contributed by atoms with van der Waals surface area (Å²) in [6.07, 6.45) is 2.77. The summed E-state index contributed by atoms with van der Waals surface area (Å²) < 4.78 is 4.92. The van der Waals surface area contributed by atoms with Crippen LogP contribution in [0.25, 0.3) is 6.08 Å². The molecule has 27 heavy (non-hydrogen) atoms. The van der Waals surface area contributed by atoms with Crippen LogP contribution in [0.1, 0.15) is 11.1 Å². The molecule has 0 heterocycles. The monoisotopic (exact) mass is 406 g/mol. The Hall–Kier alpha value is -2.50. The first kappa shape index (κ1) is 20.8. The molecule has 142 valence electrons. The summed E-state index contributed by atoms with van der Waals surface area (Å²) >= 11 is 11.7. The molecule has 0 fully saturated rings. The molecule has 2 rings (SSSR count). The molecule has 0 unspecified atom stereocenters. The van der Waals surface area contributed by atoms with E-state index in [9.17, 15) is 9.59 Å². The fourth-order valence-corrected chi connectivity index (χ4v) is 2.44. The van der Waals surface area contributed by atoms with Crippen molar-refractivity contribution in [1.29, 1.82) is 0 Å². The summed E-state index contributed by atoms with van der Waals surface area (Å²) in [5, 5.41) is 3.53. The van der Waals surface area contributed by atoms with Gasteiger partial charge in [-0.05, 0) is 41.5 Å². The predicted octanol–water partition coefficient (Wildman–Crippen LogP) is 3.93. The number of hydrogen-bond acceptors (Lipinski definition) is 4. The molecule has 0 bridgehead atoms. The van der Waals surface area contributed by atoms with Crippen molar-refractivity contribution in [3.05, 3.63) is 69.7 Å². The van der Waals surface area contributed by atoms with Gasteiger partial charge < -0.3 is 15.0 Å². The molecule has 0 radical (unpaired) electrons. The molecule has 0 spiro atoms. The van der Waals surface area contributed by atoms with E-state index in [1.165, 1.54) is 12.2 Å². The molecule has 0 saturated heterocycles. The highest BCUT2D eigenvalue weighted by molar-refractivity contribution is 6.42. The van der Waals surface area contributed by atoms with Crippen LogP contribution >= 0.6 is 23.2 Å². The second-order valence-electron chi connectivity index (χ2n) is 5.95. The van der Waals surface area contributed by atoms with E-state index in [1.807, 2.05) is 43.3 Å². The Morgan fingerprint density at radius 3 is 2.41 bits per heavy atom. The molecule has 5 nitrogen and oxygen atoms in total. The van der Waals surface area contributed by atoms with Crippen LogP contribution in [0.5, 0.6) is 0 Å². The standard InChI is InChI=1S/C20H20Cl2N2O3/c1-24(2)16-7-3-15(4-8-16)12-23-19(25)13-27-20(26)10-6-14-5-9-17(21)18(22)11-14/h3-11H,12-13H2,1-2H3,(H,23,25)/b10-6+. The molecule has 2 aromatic carbocycles. The Morgan fingerprint density at radius 2 is 1.78 bits per heavy atom. The smallest absolute Gasteiger partial charge is 0.331 e. The van der Waals surface area contributed by atoms with E-state index in [0.29, 0.717) is 22.2 Å². The van der Waals surface area contributed by atoms with Crippen LogP contribution in [0, 0.1) is 0 Å². The van der Waals surface area contributed by atoms with E-state index in [1.54, 1.807) is 18.2 Å². The van der Waals surface area contributed by atoms with E-state index in [4.69, 9.17) is 27.9 Å². The van der Waals surface area contributed by atoms with E-state index < -0.39 is 5.97 Å². The number of carbonyl (C=O) groups is 2. The van der Waals surface area contributed by atoms with Crippen LogP contribution in [0.15, 0.2) is 48.5 Å². The van der Waals surface area contributed by atoms with Crippen molar-refractivity contribution in [3.63, 3.8) is 0 Å². The van der Waals surface area contributed by atoms with E-state index in [0.717, 1.165) is 11.3 Å². The maximum Gasteiger partial charge on any atom is 0.331 e. The molecule has 0 atom stereocenters. The number of nitrogens with zero attached hydrogens (tertiary/aromatic N) is 1.